The second-order valence-corrected chi connectivity index (χ2v) is 6.08. The molecule has 0 aliphatic heterocycles. The van der Waals surface area contributed by atoms with Gasteiger partial charge in [0.15, 0.2) is 0 Å². The van der Waals surface area contributed by atoms with Crippen molar-refractivity contribution in [2.75, 3.05) is 0 Å². The van der Waals surface area contributed by atoms with E-state index in [-0.39, 0.29) is 0 Å². The number of hydrogen-bond acceptors (Lipinski definition) is 2. The van der Waals surface area contributed by atoms with E-state index in [0.29, 0.717) is 6.54 Å². The molecule has 0 aliphatic rings. The number of aromatic nitrogens is 1. The molecule has 3 aromatic rings. The van der Waals surface area contributed by atoms with Crippen molar-refractivity contribution in [3.63, 3.8) is 0 Å². The Morgan fingerprint density at radius 2 is 2.00 bits per heavy atom. The van der Waals surface area contributed by atoms with Gasteiger partial charge in [0.2, 0.25) is 0 Å². The molecule has 104 valence electrons. The molecule has 0 unspecified atom stereocenters. The van der Waals surface area contributed by atoms with E-state index < -0.39 is 0 Å². The maximum atomic E-state index is 5.75. The van der Waals surface area contributed by atoms with E-state index >= 15 is 0 Å². The van der Waals surface area contributed by atoms with Crippen LogP contribution in [0.3, 0.4) is 0 Å². The molecular weight excluding hydrogens is 264 g/mol. The van der Waals surface area contributed by atoms with Gasteiger partial charge in [0.05, 0.1) is 0 Å². The first-order valence-electron chi connectivity index (χ1n) is 7.00. The average molecular weight is 284 g/mol. The maximum Gasteiger partial charge on any atom is 0.0485 e. The minimum atomic E-state index is 0.606. The van der Waals surface area contributed by atoms with Crippen molar-refractivity contribution in [2.45, 2.75) is 33.4 Å². The van der Waals surface area contributed by atoms with Gasteiger partial charge in [-0.15, -0.1) is 0 Å². The molecule has 0 radical (unpaired) electrons. The zero-order valence-electron chi connectivity index (χ0n) is 12.0. The van der Waals surface area contributed by atoms with Crippen molar-refractivity contribution < 1.29 is 0 Å². The van der Waals surface area contributed by atoms with E-state index in [1.807, 2.05) is 0 Å². The summed E-state index contributed by atoms with van der Waals surface area (Å²) in [5.41, 5.74) is 12.4. The lowest BCUT2D eigenvalue weighted by Gasteiger charge is -2.08. The minimum absolute atomic E-state index is 0.606. The molecule has 0 bridgehead atoms. The number of thiophene rings is 1. The van der Waals surface area contributed by atoms with Crippen molar-refractivity contribution in [2.24, 2.45) is 5.73 Å². The van der Waals surface area contributed by atoms with Gasteiger partial charge in [-0.1, -0.05) is 6.07 Å². The predicted octanol–water partition coefficient (Wildman–Crippen LogP) is 4.02. The van der Waals surface area contributed by atoms with Crippen LogP contribution in [0.2, 0.25) is 0 Å². The monoisotopic (exact) mass is 284 g/mol. The number of hydrogen-bond donors (Lipinski definition) is 1. The fourth-order valence-electron chi connectivity index (χ4n) is 2.79. The molecule has 0 aliphatic carbocycles. The van der Waals surface area contributed by atoms with Gasteiger partial charge in [-0.05, 0) is 65.9 Å². The summed E-state index contributed by atoms with van der Waals surface area (Å²) in [5, 5.41) is 5.73. The molecule has 0 spiro atoms. The molecule has 3 heteroatoms. The highest BCUT2D eigenvalue weighted by atomic mass is 32.1. The molecule has 1 aromatic carbocycles. The van der Waals surface area contributed by atoms with Gasteiger partial charge in [-0.2, -0.15) is 11.3 Å². The molecular formula is C17H20N2S. The largest absolute Gasteiger partial charge is 0.344 e. The van der Waals surface area contributed by atoms with Crippen LogP contribution in [0.25, 0.3) is 10.9 Å². The summed E-state index contributed by atoms with van der Waals surface area (Å²) in [6.45, 7) is 6.06. The molecule has 0 saturated heterocycles. The Morgan fingerprint density at radius 3 is 2.70 bits per heavy atom. The summed E-state index contributed by atoms with van der Waals surface area (Å²) in [4.78, 5) is 0. The Hall–Kier alpha value is -1.58. The first kappa shape index (κ1) is 13.4. The first-order valence-corrected chi connectivity index (χ1v) is 7.94. The summed E-state index contributed by atoms with van der Waals surface area (Å²) in [6.07, 6.45) is 1.09. The first-order chi connectivity index (χ1) is 9.70. The fraction of sp³-hybridized carbons (Fsp3) is 0.294. The lowest BCUT2D eigenvalue weighted by molar-refractivity contribution is 0.702. The normalized spacial score (nSPS) is 11.3. The highest BCUT2D eigenvalue weighted by Gasteiger charge is 2.11. The third-order valence-electron chi connectivity index (χ3n) is 4.14. The smallest absolute Gasteiger partial charge is 0.0485 e. The summed E-state index contributed by atoms with van der Waals surface area (Å²) in [6, 6.07) is 8.80. The minimum Gasteiger partial charge on any atom is -0.344 e. The number of benzene rings is 1. The van der Waals surface area contributed by atoms with Crippen LogP contribution in [0.1, 0.15) is 22.4 Å². The molecule has 2 aromatic heterocycles. The fourth-order valence-corrected chi connectivity index (χ4v) is 3.49. The van der Waals surface area contributed by atoms with Gasteiger partial charge in [-0.3, -0.25) is 0 Å². The van der Waals surface area contributed by atoms with Crippen LogP contribution >= 0.6 is 11.3 Å². The summed E-state index contributed by atoms with van der Waals surface area (Å²) >= 11 is 1.77. The van der Waals surface area contributed by atoms with Crippen molar-refractivity contribution in [1.82, 2.24) is 4.57 Å². The van der Waals surface area contributed by atoms with Crippen molar-refractivity contribution in [3.05, 3.63) is 57.4 Å². The van der Waals surface area contributed by atoms with E-state index in [1.54, 1.807) is 11.3 Å². The van der Waals surface area contributed by atoms with Gasteiger partial charge in [0.1, 0.15) is 0 Å². The van der Waals surface area contributed by atoms with E-state index in [2.05, 4.69) is 53.4 Å². The summed E-state index contributed by atoms with van der Waals surface area (Å²) in [5.74, 6) is 0. The SMILES string of the molecule is Cc1c(C)n(CCc2ccsc2)c2ccc(CN)cc12. The van der Waals surface area contributed by atoms with Crippen molar-refractivity contribution in [3.8, 4) is 0 Å². The topological polar surface area (TPSA) is 30.9 Å². The van der Waals surface area contributed by atoms with Crippen molar-refractivity contribution >= 4 is 22.2 Å². The molecule has 0 saturated carbocycles. The standard InChI is InChI=1S/C17H20N2S/c1-12-13(2)19(7-5-14-6-8-20-11-14)17-4-3-15(10-18)9-16(12)17/h3-4,6,8-9,11H,5,7,10,18H2,1-2H3. The Morgan fingerprint density at radius 1 is 1.15 bits per heavy atom. The van der Waals surface area contributed by atoms with Crippen LogP contribution in [0.5, 0.6) is 0 Å². The molecule has 20 heavy (non-hydrogen) atoms. The van der Waals surface area contributed by atoms with Gasteiger partial charge in [0, 0.05) is 29.7 Å². The summed E-state index contributed by atoms with van der Waals surface area (Å²) < 4.78 is 2.43. The second kappa shape index (κ2) is 5.43. The van der Waals surface area contributed by atoms with E-state index in [1.165, 1.54) is 33.3 Å². The van der Waals surface area contributed by atoms with Gasteiger partial charge in [-0.25, -0.2) is 0 Å². The maximum absolute atomic E-state index is 5.75. The highest BCUT2D eigenvalue weighted by molar-refractivity contribution is 7.07. The zero-order chi connectivity index (χ0) is 14.1. The third kappa shape index (κ3) is 2.28. The number of aryl methyl sites for hydroxylation is 3. The molecule has 2 nitrogen and oxygen atoms in total. The van der Waals surface area contributed by atoms with Crippen LogP contribution in [-0.4, -0.2) is 4.57 Å². The Labute approximate surface area is 123 Å². The lowest BCUT2D eigenvalue weighted by atomic mass is 10.1. The molecule has 2 N–H and O–H groups in total. The van der Waals surface area contributed by atoms with Gasteiger partial charge < -0.3 is 10.3 Å². The number of rotatable bonds is 4. The predicted molar refractivity (Wildman–Crippen MR) is 87.3 cm³/mol. The molecule has 0 atom stereocenters. The van der Waals surface area contributed by atoms with Crippen LogP contribution in [-0.2, 0) is 19.5 Å². The number of nitrogens with two attached hydrogens (primary N) is 1. The lowest BCUT2D eigenvalue weighted by Crippen LogP contribution is -2.03. The third-order valence-corrected chi connectivity index (χ3v) is 4.88. The molecule has 3 rings (SSSR count). The van der Waals surface area contributed by atoms with E-state index in [4.69, 9.17) is 5.73 Å². The van der Waals surface area contributed by atoms with Crippen LogP contribution in [0, 0.1) is 13.8 Å². The number of fused-ring (bicyclic) bond motifs is 1. The van der Waals surface area contributed by atoms with E-state index in [0.717, 1.165) is 13.0 Å². The van der Waals surface area contributed by atoms with Crippen LogP contribution in [0.15, 0.2) is 35.0 Å². The highest BCUT2D eigenvalue weighted by Crippen LogP contribution is 2.26. The quantitative estimate of drug-likeness (QED) is 0.770. The Kier molecular flexibility index (Phi) is 3.64. The van der Waals surface area contributed by atoms with E-state index in [9.17, 15) is 0 Å². The zero-order valence-corrected chi connectivity index (χ0v) is 12.8. The van der Waals surface area contributed by atoms with Crippen LogP contribution in [0.4, 0.5) is 0 Å². The van der Waals surface area contributed by atoms with Gasteiger partial charge in [0.25, 0.3) is 0 Å². The molecule has 2 heterocycles. The summed E-state index contributed by atoms with van der Waals surface area (Å²) in [7, 11) is 0. The number of nitrogens with zero attached hydrogens (tertiary/aromatic N) is 1. The second-order valence-electron chi connectivity index (χ2n) is 5.30. The Bertz CT molecular complexity index is 723. The van der Waals surface area contributed by atoms with Crippen LogP contribution < -0.4 is 5.73 Å². The van der Waals surface area contributed by atoms with Gasteiger partial charge >= 0.3 is 0 Å². The molecule has 0 amide bonds. The average Bonchev–Trinajstić information content (AvgIpc) is 3.06. The van der Waals surface area contributed by atoms with Crippen molar-refractivity contribution in [1.29, 1.82) is 0 Å². The Balaban J connectivity index is 1.99. The molecule has 0 fully saturated rings.